The van der Waals surface area contributed by atoms with Gasteiger partial charge in [-0.1, -0.05) is 19.4 Å². The highest BCUT2D eigenvalue weighted by Crippen LogP contribution is 2.18. The molecular weight excluding hydrogens is 245 g/mol. The monoisotopic (exact) mass is 260 g/mol. The van der Waals surface area contributed by atoms with E-state index in [2.05, 4.69) is 4.98 Å². The number of pyridine rings is 1. The number of rotatable bonds is 5. The third-order valence-electron chi connectivity index (χ3n) is 2.32. The van der Waals surface area contributed by atoms with Crippen LogP contribution in [0.2, 0.25) is 0 Å². The topological polar surface area (TPSA) is 33.2 Å². The molecule has 100 valence electrons. The van der Waals surface area contributed by atoms with Crippen LogP contribution in [0.5, 0.6) is 0 Å². The Labute approximate surface area is 104 Å². The number of hydrogen-bond acceptors (Lipinski definition) is 2. The molecule has 0 N–H and O–H groups in total. The summed E-state index contributed by atoms with van der Waals surface area (Å²) in [7, 11) is 0. The number of alkyl halides is 3. The van der Waals surface area contributed by atoms with Gasteiger partial charge < -0.3 is 4.90 Å². The van der Waals surface area contributed by atoms with Crippen molar-refractivity contribution in [2.45, 2.75) is 25.9 Å². The number of hydrogen-bond donors (Lipinski definition) is 0. The molecule has 0 fully saturated rings. The zero-order valence-electron chi connectivity index (χ0n) is 10.1. The zero-order chi connectivity index (χ0) is 13.6. The molecule has 1 aromatic heterocycles. The minimum atomic E-state index is -4.39. The molecule has 0 bridgehead atoms. The van der Waals surface area contributed by atoms with Crippen molar-refractivity contribution in [1.82, 2.24) is 9.88 Å². The first-order chi connectivity index (χ1) is 8.44. The summed E-state index contributed by atoms with van der Waals surface area (Å²) < 4.78 is 37.2. The van der Waals surface area contributed by atoms with E-state index in [9.17, 15) is 18.0 Å². The Morgan fingerprint density at radius 1 is 1.39 bits per heavy atom. The van der Waals surface area contributed by atoms with Crippen molar-refractivity contribution >= 4 is 5.91 Å². The lowest BCUT2D eigenvalue weighted by Gasteiger charge is -2.23. The van der Waals surface area contributed by atoms with Crippen molar-refractivity contribution in [2.24, 2.45) is 0 Å². The first-order valence-electron chi connectivity index (χ1n) is 5.71. The van der Waals surface area contributed by atoms with Crippen LogP contribution in [0.1, 0.15) is 30.3 Å². The number of amides is 1. The normalized spacial score (nSPS) is 11.3. The maximum atomic E-state index is 12.4. The Morgan fingerprint density at radius 3 is 2.61 bits per heavy atom. The number of nitrogens with zero attached hydrogens (tertiary/aromatic N) is 2. The van der Waals surface area contributed by atoms with Crippen molar-refractivity contribution in [3.05, 3.63) is 30.1 Å². The maximum Gasteiger partial charge on any atom is 0.406 e. The van der Waals surface area contributed by atoms with Crippen LogP contribution >= 0.6 is 0 Å². The summed E-state index contributed by atoms with van der Waals surface area (Å²) in [6.07, 6.45) is -1.74. The van der Waals surface area contributed by atoms with Gasteiger partial charge in [-0.3, -0.25) is 9.78 Å². The van der Waals surface area contributed by atoms with Gasteiger partial charge >= 0.3 is 6.18 Å². The minimum absolute atomic E-state index is 0.0397. The average Bonchev–Trinajstić information content (AvgIpc) is 2.33. The molecule has 1 amide bonds. The van der Waals surface area contributed by atoms with Gasteiger partial charge in [0.2, 0.25) is 0 Å². The molecular formula is C12H15F3N2O. The van der Waals surface area contributed by atoms with Gasteiger partial charge in [0.1, 0.15) is 12.2 Å². The fourth-order valence-electron chi connectivity index (χ4n) is 1.47. The van der Waals surface area contributed by atoms with E-state index in [0.29, 0.717) is 6.42 Å². The smallest absolute Gasteiger partial charge is 0.328 e. The number of carbonyl (C=O) groups is 1. The standard InChI is InChI=1S/C12H15F3N2O/c1-2-3-8-17(9-12(13,14)15)11(18)10-6-4-5-7-16-10/h4-7H,2-3,8-9H2,1H3. The maximum absolute atomic E-state index is 12.4. The SMILES string of the molecule is CCCCN(CC(F)(F)F)C(=O)c1ccccn1. The molecule has 0 radical (unpaired) electrons. The number of carbonyl (C=O) groups excluding carboxylic acids is 1. The lowest BCUT2D eigenvalue weighted by Crippen LogP contribution is -2.39. The molecule has 3 nitrogen and oxygen atoms in total. The van der Waals surface area contributed by atoms with Crippen molar-refractivity contribution < 1.29 is 18.0 Å². The molecule has 0 unspecified atom stereocenters. The highest BCUT2D eigenvalue weighted by atomic mass is 19.4. The third-order valence-corrected chi connectivity index (χ3v) is 2.32. The van der Waals surface area contributed by atoms with Gasteiger partial charge in [0.15, 0.2) is 0 Å². The van der Waals surface area contributed by atoms with E-state index in [4.69, 9.17) is 0 Å². The molecule has 0 aliphatic rings. The van der Waals surface area contributed by atoms with Crippen molar-refractivity contribution in [3.63, 3.8) is 0 Å². The van der Waals surface area contributed by atoms with E-state index < -0.39 is 18.6 Å². The third kappa shape index (κ3) is 4.73. The number of halogens is 3. The van der Waals surface area contributed by atoms with Crippen LogP contribution in [0, 0.1) is 0 Å². The van der Waals surface area contributed by atoms with E-state index in [1.165, 1.54) is 12.3 Å². The van der Waals surface area contributed by atoms with Crippen LogP contribution in [0.25, 0.3) is 0 Å². The van der Waals surface area contributed by atoms with Crippen LogP contribution in [0.3, 0.4) is 0 Å². The summed E-state index contributed by atoms with van der Waals surface area (Å²) in [6.45, 7) is 0.713. The molecule has 0 aromatic carbocycles. The second kappa shape index (κ2) is 6.37. The van der Waals surface area contributed by atoms with E-state index >= 15 is 0 Å². The molecule has 18 heavy (non-hydrogen) atoms. The minimum Gasteiger partial charge on any atom is -0.328 e. The molecule has 0 aliphatic carbocycles. The van der Waals surface area contributed by atoms with Crippen LogP contribution in [-0.2, 0) is 0 Å². The Hall–Kier alpha value is -1.59. The van der Waals surface area contributed by atoms with E-state index in [0.717, 1.165) is 11.3 Å². The molecule has 1 aromatic rings. The average molecular weight is 260 g/mol. The van der Waals surface area contributed by atoms with Gasteiger partial charge in [-0.05, 0) is 18.6 Å². The Balaban J connectivity index is 2.79. The molecule has 0 atom stereocenters. The van der Waals surface area contributed by atoms with Gasteiger partial charge in [0.05, 0.1) is 0 Å². The largest absolute Gasteiger partial charge is 0.406 e. The van der Waals surface area contributed by atoms with E-state index in [1.54, 1.807) is 12.1 Å². The number of unbranched alkanes of at least 4 members (excludes halogenated alkanes) is 1. The first-order valence-corrected chi connectivity index (χ1v) is 5.71. The van der Waals surface area contributed by atoms with Gasteiger partial charge in [0.25, 0.3) is 5.91 Å². The molecule has 1 heterocycles. The molecule has 0 spiro atoms. The zero-order valence-corrected chi connectivity index (χ0v) is 10.1. The van der Waals surface area contributed by atoms with E-state index in [1.807, 2.05) is 6.92 Å². The Bertz CT molecular complexity index is 379. The number of aromatic nitrogens is 1. The highest BCUT2D eigenvalue weighted by molar-refractivity contribution is 5.92. The lowest BCUT2D eigenvalue weighted by molar-refractivity contribution is -0.140. The van der Waals surface area contributed by atoms with Crippen molar-refractivity contribution in [2.75, 3.05) is 13.1 Å². The summed E-state index contributed by atoms with van der Waals surface area (Å²) in [5.74, 6) is -0.679. The molecule has 6 heteroatoms. The molecule has 0 saturated heterocycles. The Kier molecular flexibility index (Phi) is 5.12. The van der Waals surface area contributed by atoms with Gasteiger partial charge in [-0.15, -0.1) is 0 Å². The molecule has 0 saturated carbocycles. The van der Waals surface area contributed by atoms with Crippen molar-refractivity contribution in [3.8, 4) is 0 Å². The summed E-state index contributed by atoms with van der Waals surface area (Å²) in [4.78, 5) is 16.5. The second-order valence-electron chi connectivity index (χ2n) is 3.91. The first kappa shape index (κ1) is 14.5. The lowest BCUT2D eigenvalue weighted by atomic mass is 10.2. The van der Waals surface area contributed by atoms with Gasteiger partial charge in [-0.25, -0.2) is 0 Å². The summed E-state index contributed by atoms with van der Waals surface area (Å²) in [5, 5.41) is 0. The van der Waals surface area contributed by atoms with Crippen LogP contribution in [0.4, 0.5) is 13.2 Å². The fraction of sp³-hybridized carbons (Fsp3) is 0.500. The van der Waals surface area contributed by atoms with E-state index in [-0.39, 0.29) is 12.2 Å². The van der Waals surface area contributed by atoms with Gasteiger partial charge in [-0.2, -0.15) is 13.2 Å². The summed E-state index contributed by atoms with van der Waals surface area (Å²) in [5.41, 5.74) is 0.0397. The predicted molar refractivity (Wildman–Crippen MR) is 61.1 cm³/mol. The van der Waals surface area contributed by atoms with Crippen LogP contribution < -0.4 is 0 Å². The highest BCUT2D eigenvalue weighted by Gasteiger charge is 2.33. The van der Waals surface area contributed by atoms with Crippen molar-refractivity contribution in [1.29, 1.82) is 0 Å². The van der Waals surface area contributed by atoms with Crippen LogP contribution in [-0.4, -0.2) is 35.1 Å². The predicted octanol–water partition coefficient (Wildman–Crippen LogP) is 2.89. The van der Waals surface area contributed by atoms with Gasteiger partial charge in [0, 0.05) is 12.7 Å². The second-order valence-corrected chi connectivity index (χ2v) is 3.91. The van der Waals surface area contributed by atoms with Crippen LogP contribution in [0.15, 0.2) is 24.4 Å². The fourth-order valence-corrected chi connectivity index (χ4v) is 1.47. The molecule has 1 rings (SSSR count). The summed E-state index contributed by atoms with van der Waals surface area (Å²) in [6, 6.07) is 4.60. The Morgan fingerprint density at radius 2 is 2.11 bits per heavy atom. The quantitative estimate of drug-likeness (QED) is 0.815. The molecule has 0 aliphatic heterocycles. The summed E-state index contributed by atoms with van der Waals surface area (Å²) >= 11 is 0.